The van der Waals surface area contributed by atoms with Gasteiger partial charge in [-0.3, -0.25) is 9.69 Å². The van der Waals surface area contributed by atoms with E-state index in [4.69, 9.17) is 0 Å². The zero-order valence-electron chi connectivity index (χ0n) is 8.63. The molecule has 3 nitrogen and oxygen atoms in total. The van der Waals surface area contributed by atoms with Crippen LogP contribution in [0.15, 0.2) is 43.0 Å². The Bertz CT molecular complexity index is 294. The fourth-order valence-electron chi connectivity index (χ4n) is 0.990. The van der Waals surface area contributed by atoms with Crippen LogP contribution < -0.4 is 4.74 Å². The molecule has 2 rings (SSSR count). The summed E-state index contributed by atoms with van der Waals surface area (Å²) in [7, 11) is 0. The molecule has 1 fully saturated rings. The lowest BCUT2D eigenvalue weighted by Gasteiger charge is -1.92. The number of rotatable bonds is 4. The summed E-state index contributed by atoms with van der Waals surface area (Å²) in [6.07, 6.45) is 1.94. The Morgan fingerprint density at radius 2 is 2.00 bits per heavy atom. The molecule has 0 bridgehead atoms. The van der Waals surface area contributed by atoms with E-state index in [1.54, 1.807) is 24.3 Å². The third-order valence-corrected chi connectivity index (χ3v) is 1.85. The number of carbonyl (C=O) groups excluding carboxylic acids is 1. The van der Waals surface area contributed by atoms with Crippen LogP contribution in [0.25, 0.3) is 0 Å². The largest absolute Gasteiger partial charge is 0.429 e. The van der Waals surface area contributed by atoms with Crippen LogP contribution in [0.5, 0.6) is 5.75 Å². The van der Waals surface area contributed by atoms with E-state index in [1.165, 1.54) is 13.1 Å². The Kier molecular flexibility index (Phi) is 5.19. The Morgan fingerprint density at radius 3 is 2.40 bits per heavy atom. The molecule has 1 heterocycles. The second-order valence-electron chi connectivity index (χ2n) is 3.12. The molecule has 0 spiro atoms. The number of hydrogen-bond donors (Lipinski definition) is 0. The smallest absolute Gasteiger partial charge is 0.298 e. The second kappa shape index (κ2) is 6.79. The molecule has 80 valence electrons. The van der Waals surface area contributed by atoms with Gasteiger partial charge in [-0.2, -0.15) is 0 Å². The first kappa shape index (κ1) is 11.5. The van der Waals surface area contributed by atoms with E-state index in [-0.39, 0.29) is 0 Å². The zero-order chi connectivity index (χ0) is 10.9. The van der Waals surface area contributed by atoms with Crippen LogP contribution in [0, 0.1) is 0 Å². The van der Waals surface area contributed by atoms with E-state index in [0.717, 1.165) is 6.54 Å². The minimum Gasteiger partial charge on any atom is -0.429 e. The van der Waals surface area contributed by atoms with Gasteiger partial charge in [-0.25, -0.2) is 0 Å². The maximum absolute atomic E-state index is 9.75. The minimum atomic E-state index is 0.412. The summed E-state index contributed by atoms with van der Waals surface area (Å²) in [5, 5.41) is 0. The Balaban J connectivity index is 0.000000162. The Morgan fingerprint density at radius 1 is 1.33 bits per heavy atom. The lowest BCUT2D eigenvalue weighted by molar-refractivity contribution is -0.120. The van der Waals surface area contributed by atoms with E-state index in [9.17, 15) is 4.79 Å². The molecule has 1 aromatic carbocycles. The SMILES string of the molecule is C=CCN1CC1.O=COc1ccccc1. The zero-order valence-corrected chi connectivity index (χ0v) is 8.63. The molecule has 3 heteroatoms. The first-order valence-electron chi connectivity index (χ1n) is 4.85. The van der Waals surface area contributed by atoms with Crippen molar-refractivity contribution in [2.24, 2.45) is 0 Å². The quantitative estimate of drug-likeness (QED) is 0.426. The molecule has 0 saturated carbocycles. The normalized spacial score (nSPS) is 13.3. The fraction of sp³-hybridized carbons (Fsp3) is 0.250. The van der Waals surface area contributed by atoms with E-state index in [2.05, 4.69) is 16.2 Å². The topological polar surface area (TPSA) is 29.3 Å². The van der Waals surface area contributed by atoms with Crippen molar-refractivity contribution in [3.63, 3.8) is 0 Å². The predicted molar refractivity (Wildman–Crippen MR) is 59.8 cm³/mol. The highest BCUT2D eigenvalue weighted by Crippen LogP contribution is 2.05. The maximum Gasteiger partial charge on any atom is 0.298 e. The lowest BCUT2D eigenvalue weighted by Crippen LogP contribution is -1.91. The molecular formula is C12H15NO2. The molecule has 1 aliphatic heterocycles. The Hall–Kier alpha value is -1.61. The highest BCUT2D eigenvalue weighted by molar-refractivity contribution is 5.44. The van der Waals surface area contributed by atoms with Gasteiger partial charge in [-0.05, 0) is 12.1 Å². The molecule has 0 aliphatic carbocycles. The number of hydrogen-bond acceptors (Lipinski definition) is 3. The minimum absolute atomic E-state index is 0.412. The first-order valence-corrected chi connectivity index (χ1v) is 4.85. The van der Waals surface area contributed by atoms with Gasteiger partial charge in [-0.1, -0.05) is 24.3 Å². The third kappa shape index (κ3) is 5.65. The molecule has 1 saturated heterocycles. The van der Waals surface area contributed by atoms with Gasteiger partial charge in [0.25, 0.3) is 6.47 Å². The average Bonchev–Trinajstić information content (AvgIpc) is 3.06. The van der Waals surface area contributed by atoms with Gasteiger partial charge >= 0.3 is 0 Å². The van der Waals surface area contributed by atoms with Crippen molar-refractivity contribution in [2.75, 3.05) is 19.6 Å². The highest BCUT2D eigenvalue weighted by atomic mass is 16.5. The van der Waals surface area contributed by atoms with Crippen LogP contribution >= 0.6 is 0 Å². The standard InChI is InChI=1S/C7H6O2.C5H9N/c8-6-9-7-4-2-1-3-5-7;1-2-3-6-4-5-6/h1-6H;2H,1,3-5H2. The molecule has 1 aromatic rings. The predicted octanol–water partition coefficient (Wildman–Crippen LogP) is 1.71. The van der Waals surface area contributed by atoms with Crippen molar-refractivity contribution in [3.8, 4) is 5.75 Å². The number of benzene rings is 1. The molecule has 15 heavy (non-hydrogen) atoms. The lowest BCUT2D eigenvalue weighted by atomic mass is 10.3. The number of carbonyl (C=O) groups is 1. The maximum atomic E-state index is 9.75. The first-order chi connectivity index (χ1) is 7.36. The third-order valence-electron chi connectivity index (χ3n) is 1.85. The molecule has 0 atom stereocenters. The van der Waals surface area contributed by atoms with Crippen LogP contribution in [0.2, 0.25) is 0 Å². The van der Waals surface area contributed by atoms with Gasteiger partial charge < -0.3 is 4.74 Å². The van der Waals surface area contributed by atoms with Crippen molar-refractivity contribution in [2.45, 2.75) is 0 Å². The summed E-state index contributed by atoms with van der Waals surface area (Å²) in [4.78, 5) is 12.1. The molecule has 0 amide bonds. The summed E-state index contributed by atoms with van der Waals surface area (Å²) < 4.78 is 4.53. The molecule has 0 N–H and O–H groups in total. The van der Waals surface area contributed by atoms with Gasteiger partial charge in [0.1, 0.15) is 5.75 Å². The number of para-hydroxylation sites is 1. The van der Waals surface area contributed by atoms with Crippen LogP contribution in [0.3, 0.4) is 0 Å². The van der Waals surface area contributed by atoms with Gasteiger partial charge in [0.15, 0.2) is 0 Å². The fourth-order valence-corrected chi connectivity index (χ4v) is 0.990. The van der Waals surface area contributed by atoms with Crippen LogP contribution in [0.4, 0.5) is 0 Å². The van der Waals surface area contributed by atoms with Crippen molar-refractivity contribution in [3.05, 3.63) is 43.0 Å². The van der Waals surface area contributed by atoms with Crippen LogP contribution in [-0.4, -0.2) is 31.0 Å². The van der Waals surface area contributed by atoms with Crippen LogP contribution in [-0.2, 0) is 4.79 Å². The van der Waals surface area contributed by atoms with Crippen molar-refractivity contribution in [1.29, 1.82) is 0 Å². The van der Waals surface area contributed by atoms with Crippen LogP contribution in [0.1, 0.15) is 0 Å². The van der Waals surface area contributed by atoms with E-state index >= 15 is 0 Å². The molecule has 1 aliphatic rings. The summed E-state index contributed by atoms with van der Waals surface area (Å²) in [5.74, 6) is 0.576. The van der Waals surface area contributed by atoms with Crippen molar-refractivity contribution >= 4 is 6.47 Å². The second-order valence-corrected chi connectivity index (χ2v) is 3.12. The van der Waals surface area contributed by atoms with Gasteiger partial charge in [0.05, 0.1) is 0 Å². The Labute approximate surface area is 90.0 Å². The average molecular weight is 205 g/mol. The molecule has 0 radical (unpaired) electrons. The number of nitrogens with zero attached hydrogens (tertiary/aromatic N) is 1. The summed E-state index contributed by atoms with van der Waals surface area (Å²) >= 11 is 0. The van der Waals surface area contributed by atoms with E-state index in [0.29, 0.717) is 12.2 Å². The summed E-state index contributed by atoms with van der Waals surface area (Å²) in [6, 6.07) is 8.90. The van der Waals surface area contributed by atoms with Crippen molar-refractivity contribution < 1.29 is 9.53 Å². The molecule has 0 unspecified atom stereocenters. The molecular weight excluding hydrogens is 190 g/mol. The molecule has 0 aromatic heterocycles. The van der Waals surface area contributed by atoms with E-state index in [1.807, 2.05) is 12.1 Å². The monoisotopic (exact) mass is 205 g/mol. The van der Waals surface area contributed by atoms with Gasteiger partial charge in [-0.15, -0.1) is 6.58 Å². The highest BCUT2D eigenvalue weighted by Gasteiger charge is 2.13. The van der Waals surface area contributed by atoms with Gasteiger partial charge in [0.2, 0.25) is 0 Å². The summed E-state index contributed by atoms with van der Waals surface area (Å²) in [6.45, 7) is 7.66. The van der Waals surface area contributed by atoms with Gasteiger partial charge in [0, 0.05) is 19.6 Å². The number of ether oxygens (including phenoxy) is 1. The van der Waals surface area contributed by atoms with E-state index < -0.39 is 0 Å². The summed E-state index contributed by atoms with van der Waals surface area (Å²) in [5.41, 5.74) is 0. The van der Waals surface area contributed by atoms with Crippen molar-refractivity contribution in [1.82, 2.24) is 4.90 Å².